The van der Waals surface area contributed by atoms with Crippen LogP contribution in [0.3, 0.4) is 0 Å². The van der Waals surface area contributed by atoms with Crippen molar-refractivity contribution in [1.29, 1.82) is 0 Å². The first-order chi connectivity index (χ1) is 20.7. The molecule has 0 aromatic heterocycles. The molecule has 4 atom stereocenters. The summed E-state index contributed by atoms with van der Waals surface area (Å²) in [5.41, 5.74) is 5.09. The lowest BCUT2D eigenvalue weighted by molar-refractivity contribution is -0.144. The standard InChI is InChI=1S/C34H40BFN2O5/c1-21(16-24-9-10-29(39)28(36)18-24)8-11-30-31-22(2)17-26-32(27(31)19-35(42)43-30)34(41)38(33(26)40)25-12-14-37(15-13-25)20-23-6-4-3-5-7-23/h3-7,9-10,16,18,25-27,30,32,39,42H,8,11-15,17,19-20H2,1-2H3/b21-16+/t26-,27+,30-,32-/m1/s1. The van der Waals surface area contributed by atoms with Gasteiger partial charge in [-0.05, 0) is 87.0 Å². The maximum Gasteiger partial charge on any atom is 0.455 e. The van der Waals surface area contributed by atoms with Gasteiger partial charge in [0.1, 0.15) is 0 Å². The summed E-state index contributed by atoms with van der Waals surface area (Å²) < 4.78 is 19.8. The van der Waals surface area contributed by atoms with Gasteiger partial charge in [0.25, 0.3) is 0 Å². The molecule has 0 unspecified atom stereocenters. The summed E-state index contributed by atoms with van der Waals surface area (Å²) in [6, 6.07) is 14.6. The number of carbonyl (C=O) groups excluding carboxylic acids is 2. The van der Waals surface area contributed by atoms with Crippen molar-refractivity contribution in [3.05, 3.63) is 82.2 Å². The molecule has 7 nitrogen and oxygen atoms in total. The molecule has 4 aliphatic rings. The van der Waals surface area contributed by atoms with Crippen molar-refractivity contribution in [2.24, 2.45) is 17.8 Å². The molecule has 226 valence electrons. The summed E-state index contributed by atoms with van der Waals surface area (Å²) in [6.07, 6.45) is 5.19. The number of amides is 2. The van der Waals surface area contributed by atoms with Crippen LogP contribution in [-0.4, -0.2) is 64.1 Å². The number of nitrogens with zero attached hydrogens (tertiary/aromatic N) is 2. The van der Waals surface area contributed by atoms with Crippen LogP contribution in [-0.2, 0) is 20.8 Å². The molecule has 1 aliphatic carbocycles. The van der Waals surface area contributed by atoms with Crippen LogP contribution in [0.4, 0.5) is 4.39 Å². The van der Waals surface area contributed by atoms with E-state index in [1.807, 2.05) is 38.1 Å². The molecule has 3 aliphatic heterocycles. The lowest BCUT2D eigenvalue weighted by Gasteiger charge is -2.42. The van der Waals surface area contributed by atoms with E-state index in [9.17, 15) is 24.1 Å². The highest BCUT2D eigenvalue weighted by Crippen LogP contribution is 2.51. The van der Waals surface area contributed by atoms with Crippen LogP contribution in [0.2, 0.25) is 6.32 Å². The van der Waals surface area contributed by atoms with Crippen molar-refractivity contribution in [2.75, 3.05) is 13.1 Å². The van der Waals surface area contributed by atoms with E-state index in [1.54, 1.807) is 11.0 Å². The third-order valence-electron chi connectivity index (χ3n) is 9.84. The van der Waals surface area contributed by atoms with E-state index in [4.69, 9.17) is 4.65 Å². The predicted molar refractivity (Wildman–Crippen MR) is 163 cm³/mol. The topological polar surface area (TPSA) is 90.3 Å². The van der Waals surface area contributed by atoms with Gasteiger partial charge >= 0.3 is 7.12 Å². The molecule has 3 fully saturated rings. The molecule has 0 bridgehead atoms. The fourth-order valence-electron chi connectivity index (χ4n) is 7.81. The molecule has 2 amide bonds. The van der Waals surface area contributed by atoms with Crippen LogP contribution in [0.5, 0.6) is 5.75 Å². The largest absolute Gasteiger partial charge is 0.505 e. The highest BCUT2D eigenvalue weighted by molar-refractivity contribution is 6.43. The molecule has 0 saturated carbocycles. The number of benzene rings is 2. The van der Waals surface area contributed by atoms with Crippen LogP contribution >= 0.6 is 0 Å². The summed E-state index contributed by atoms with van der Waals surface area (Å²) in [5.74, 6) is -2.22. The van der Waals surface area contributed by atoms with E-state index in [0.717, 1.165) is 49.2 Å². The minimum absolute atomic E-state index is 0.0488. The first-order valence-corrected chi connectivity index (χ1v) is 15.5. The molecule has 9 heteroatoms. The van der Waals surface area contributed by atoms with E-state index >= 15 is 0 Å². The van der Waals surface area contributed by atoms with Crippen molar-refractivity contribution in [1.82, 2.24) is 9.80 Å². The number of phenolic OH excluding ortho intramolecular Hbond substituents is 1. The van der Waals surface area contributed by atoms with Gasteiger partial charge in [0.2, 0.25) is 11.8 Å². The Bertz CT molecular complexity index is 1440. The summed E-state index contributed by atoms with van der Waals surface area (Å²) >= 11 is 0. The first-order valence-electron chi connectivity index (χ1n) is 15.5. The normalized spacial score (nSPS) is 27.1. The number of carbonyl (C=O) groups is 2. The zero-order valence-electron chi connectivity index (χ0n) is 24.9. The monoisotopic (exact) mass is 586 g/mol. The molecule has 0 radical (unpaired) electrons. The number of hydrogen-bond acceptors (Lipinski definition) is 6. The molecule has 43 heavy (non-hydrogen) atoms. The van der Waals surface area contributed by atoms with E-state index in [0.29, 0.717) is 31.1 Å². The number of phenols is 1. The average molecular weight is 587 g/mol. The Morgan fingerprint density at radius 3 is 2.56 bits per heavy atom. The van der Waals surface area contributed by atoms with Crippen molar-refractivity contribution >= 4 is 25.0 Å². The van der Waals surface area contributed by atoms with Crippen LogP contribution in [0.25, 0.3) is 6.08 Å². The Balaban J connectivity index is 1.13. The van der Waals surface area contributed by atoms with E-state index in [1.165, 1.54) is 17.7 Å². The van der Waals surface area contributed by atoms with E-state index in [2.05, 4.69) is 17.0 Å². The fourth-order valence-corrected chi connectivity index (χ4v) is 7.81. The molecule has 0 spiro atoms. The molecule has 3 saturated heterocycles. The van der Waals surface area contributed by atoms with Crippen LogP contribution in [0, 0.1) is 23.6 Å². The number of aromatic hydroxyl groups is 1. The number of rotatable bonds is 7. The third-order valence-corrected chi connectivity index (χ3v) is 9.84. The zero-order valence-corrected chi connectivity index (χ0v) is 24.9. The zero-order chi connectivity index (χ0) is 30.2. The van der Waals surface area contributed by atoms with Gasteiger partial charge in [-0.15, -0.1) is 0 Å². The Labute approximate surface area is 253 Å². The number of fused-ring (bicyclic) bond motifs is 3. The maximum atomic E-state index is 14.0. The van der Waals surface area contributed by atoms with Gasteiger partial charge in [-0.25, -0.2) is 4.39 Å². The molecule has 2 aromatic carbocycles. The average Bonchev–Trinajstić information content (AvgIpc) is 3.23. The minimum atomic E-state index is -1.00. The molecule has 2 N–H and O–H groups in total. The quantitative estimate of drug-likeness (QED) is 0.264. The van der Waals surface area contributed by atoms with Gasteiger partial charge in [0.05, 0.1) is 17.9 Å². The Morgan fingerprint density at radius 2 is 1.84 bits per heavy atom. The molecule has 3 heterocycles. The summed E-state index contributed by atoms with van der Waals surface area (Å²) in [7, 11) is -1.00. The second kappa shape index (κ2) is 12.4. The van der Waals surface area contributed by atoms with Crippen LogP contribution < -0.4 is 0 Å². The number of halogens is 1. The van der Waals surface area contributed by atoms with Crippen LogP contribution in [0.15, 0.2) is 65.3 Å². The van der Waals surface area contributed by atoms with Crippen molar-refractivity contribution in [3.63, 3.8) is 0 Å². The highest BCUT2D eigenvalue weighted by Gasteiger charge is 2.58. The van der Waals surface area contributed by atoms with Gasteiger partial charge in [-0.1, -0.05) is 53.6 Å². The first kappa shape index (κ1) is 29.8. The number of allylic oxidation sites excluding steroid dienone is 2. The predicted octanol–water partition coefficient (Wildman–Crippen LogP) is 5.20. The van der Waals surface area contributed by atoms with Gasteiger partial charge in [-0.2, -0.15) is 0 Å². The van der Waals surface area contributed by atoms with E-state index < -0.39 is 18.9 Å². The summed E-state index contributed by atoms with van der Waals surface area (Å²) in [6.45, 7) is 6.56. The minimum Gasteiger partial charge on any atom is -0.505 e. The van der Waals surface area contributed by atoms with Crippen molar-refractivity contribution < 1.29 is 28.8 Å². The van der Waals surface area contributed by atoms with E-state index in [-0.39, 0.29) is 41.5 Å². The summed E-state index contributed by atoms with van der Waals surface area (Å²) in [4.78, 5) is 31.8. The number of hydrogen-bond donors (Lipinski definition) is 2. The van der Waals surface area contributed by atoms with Gasteiger partial charge in [0.15, 0.2) is 11.6 Å². The fraction of sp³-hybridized carbons (Fsp3) is 0.471. The lowest BCUT2D eigenvalue weighted by Crippen LogP contribution is -2.48. The number of imide groups is 1. The van der Waals surface area contributed by atoms with Crippen LogP contribution in [0.1, 0.15) is 57.1 Å². The van der Waals surface area contributed by atoms with Gasteiger partial charge in [-0.3, -0.25) is 19.4 Å². The molecule has 2 aromatic rings. The molecular formula is C34H40BFN2O5. The Kier molecular flexibility index (Phi) is 8.58. The Hall–Kier alpha value is -3.27. The smallest absolute Gasteiger partial charge is 0.455 e. The third kappa shape index (κ3) is 6.08. The number of piperidine rings is 1. The van der Waals surface area contributed by atoms with Crippen molar-refractivity contribution in [3.8, 4) is 5.75 Å². The maximum absolute atomic E-state index is 14.0. The lowest BCUT2D eigenvalue weighted by atomic mass is 9.59. The van der Waals surface area contributed by atoms with Gasteiger partial charge in [0, 0.05) is 25.7 Å². The summed E-state index contributed by atoms with van der Waals surface area (Å²) in [5, 5.41) is 20.2. The molecular weight excluding hydrogens is 546 g/mol. The second-order valence-corrected chi connectivity index (χ2v) is 12.8. The highest BCUT2D eigenvalue weighted by atomic mass is 19.1. The van der Waals surface area contributed by atoms with Gasteiger partial charge < -0.3 is 14.8 Å². The second-order valence-electron chi connectivity index (χ2n) is 12.8. The number of likely N-dealkylation sites (tertiary alicyclic amines) is 2. The van der Waals surface area contributed by atoms with Crippen molar-refractivity contribution in [2.45, 2.75) is 71.0 Å². The SMILES string of the molecule is CC1=C2[C@@H](CC/C(C)=C/c3ccc(O)c(F)c3)OB(O)C[C@@H]2[C@@H]2C(=O)N(C3CCN(Cc4ccccc4)CC3)C(=O)[C@@H]2C1. The molecule has 6 rings (SSSR count). The Morgan fingerprint density at radius 1 is 1.09 bits per heavy atom.